The molecule has 2 N–H and O–H groups in total. The first-order valence-electron chi connectivity index (χ1n) is 8.00. The van der Waals surface area contributed by atoms with Gasteiger partial charge >= 0.3 is 0 Å². The highest BCUT2D eigenvalue weighted by Crippen LogP contribution is 2.24. The van der Waals surface area contributed by atoms with Crippen molar-refractivity contribution in [3.05, 3.63) is 24.3 Å². The van der Waals surface area contributed by atoms with Crippen molar-refractivity contribution in [2.24, 2.45) is 0 Å². The van der Waals surface area contributed by atoms with Gasteiger partial charge in [0.25, 0.3) is 0 Å². The molecule has 1 fully saturated rings. The van der Waals surface area contributed by atoms with Gasteiger partial charge in [0.05, 0.1) is 29.9 Å². The Morgan fingerprint density at radius 1 is 1.38 bits per heavy atom. The molecule has 0 bridgehead atoms. The minimum absolute atomic E-state index is 0.0152. The number of nitrogens with zero attached hydrogens (tertiary/aromatic N) is 2. The molecule has 2 heterocycles. The fourth-order valence-electron chi connectivity index (χ4n) is 2.80. The van der Waals surface area contributed by atoms with Gasteiger partial charge in [-0.15, -0.1) is 5.10 Å². The molecule has 3 rings (SSSR count). The number of nitrogens with one attached hydrogen (secondary N) is 2. The van der Waals surface area contributed by atoms with Crippen molar-refractivity contribution in [2.75, 3.05) is 24.4 Å². The van der Waals surface area contributed by atoms with Crippen LogP contribution in [0, 0.1) is 0 Å². The lowest BCUT2D eigenvalue weighted by atomic mass is 10.0. The second kappa shape index (κ2) is 7.28. The van der Waals surface area contributed by atoms with Crippen LogP contribution in [0.25, 0.3) is 11.4 Å². The molecule has 26 heavy (non-hydrogen) atoms. The lowest BCUT2D eigenvalue weighted by molar-refractivity contribution is -0.120. The highest BCUT2D eigenvalue weighted by molar-refractivity contribution is 7.99. The Labute approximate surface area is 156 Å². The van der Waals surface area contributed by atoms with Crippen molar-refractivity contribution in [3.8, 4) is 17.1 Å². The average Bonchev–Trinajstić information content (AvgIpc) is 3.17. The summed E-state index contributed by atoms with van der Waals surface area (Å²) in [7, 11) is -1.46. The first kappa shape index (κ1) is 18.7. The van der Waals surface area contributed by atoms with E-state index in [2.05, 4.69) is 20.5 Å². The minimum Gasteiger partial charge on any atom is -0.497 e. The maximum absolute atomic E-state index is 12.1. The predicted molar refractivity (Wildman–Crippen MR) is 98.9 cm³/mol. The topological polar surface area (TPSA) is 114 Å². The van der Waals surface area contributed by atoms with Gasteiger partial charge in [-0.05, 0) is 37.6 Å². The first-order chi connectivity index (χ1) is 12.3. The number of hydrogen-bond acceptors (Lipinski definition) is 7. The van der Waals surface area contributed by atoms with Gasteiger partial charge in [0.2, 0.25) is 11.1 Å². The Morgan fingerprint density at radius 3 is 2.73 bits per heavy atom. The molecule has 10 heteroatoms. The van der Waals surface area contributed by atoms with E-state index in [1.807, 2.05) is 24.3 Å². The molecule has 8 nitrogen and oxygen atoms in total. The number of amides is 1. The third-order valence-electron chi connectivity index (χ3n) is 4.11. The molecule has 0 spiro atoms. The summed E-state index contributed by atoms with van der Waals surface area (Å²) in [5.74, 6) is 1.34. The summed E-state index contributed by atoms with van der Waals surface area (Å²) < 4.78 is 28.3. The van der Waals surface area contributed by atoms with E-state index >= 15 is 0 Å². The lowest BCUT2D eigenvalue weighted by Gasteiger charge is -2.23. The molecule has 0 unspecified atom stereocenters. The monoisotopic (exact) mass is 396 g/mol. The zero-order chi connectivity index (χ0) is 18.8. The van der Waals surface area contributed by atoms with Crippen molar-refractivity contribution < 1.29 is 17.9 Å². The maximum atomic E-state index is 12.1. The van der Waals surface area contributed by atoms with E-state index in [-0.39, 0.29) is 23.2 Å². The second-order valence-electron chi connectivity index (χ2n) is 6.43. The molecular weight excluding hydrogens is 376 g/mol. The molecule has 0 radical (unpaired) electrons. The number of methoxy groups -OCH3 is 1. The van der Waals surface area contributed by atoms with Gasteiger partial charge in [-0.2, -0.15) is 0 Å². The normalized spacial score (nSPS) is 21.5. The lowest BCUT2D eigenvalue weighted by Crippen LogP contribution is -2.47. The van der Waals surface area contributed by atoms with Gasteiger partial charge in [-0.25, -0.2) is 13.4 Å². The van der Waals surface area contributed by atoms with Crippen LogP contribution in [-0.2, 0) is 14.6 Å². The van der Waals surface area contributed by atoms with Gasteiger partial charge in [0.15, 0.2) is 15.7 Å². The summed E-state index contributed by atoms with van der Waals surface area (Å²) in [6.07, 6.45) is 0.439. The molecule has 1 aromatic heterocycles. The minimum atomic E-state index is -3.06. The summed E-state index contributed by atoms with van der Waals surface area (Å²) in [6, 6.07) is 7.38. The number of aromatic amines is 1. The number of benzene rings is 1. The van der Waals surface area contributed by atoms with E-state index < -0.39 is 15.4 Å². The highest BCUT2D eigenvalue weighted by atomic mass is 32.2. The quantitative estimate of drug-likeness (QED) is 0.707. The molecule has 1 saturated heterocycles. The standard InChI is InChI=1S/C16H20N4O4S2/c1-16(7-8-26(22,23)10-16)18-13(21)9-25-15-17-14(19-20-15)11-3-5-12(24-2)6-4-11/h3-6H,7-10H2,1-2H3,(H,18,21)(H,17,19,20)/t16-/m0/s1. The van der Waals surface area contributed by atoms with Crippen LogP contribution < -0.4 is 10.1 Å². The van der Waals surface area contributed by atoms with E-state index in [9.17, 15) is 13.2 Å². The molecule has 1 atom stereocenters. The van der Waals surface area contributed by atoms with Crippen LogP contribution in [0.1, 0.15) is 13.3 Å². The van der Waals surface area contributed by atoms with E-state index in [1.54, 1.807) is 14.0 Å². The van der Waals surface area contributed by atoms with E-state index in [0.29, 0.717) is 17.4 Å². The number of carbonyl (C=O) groups excluding carboxylic acids is 1. The number of rotatable bonds is 6. The smallest absolute Gasteiger partial charge is 0.230 e. The number of H-pyrrole nitrogens is 1. The number of carbonyl (C=O) groups is 1. The third-order valence-corrected chi connectivity index (χ3v) is 6.86. The van der Waals surface area contributed by atoms with Crippen molar-refractivity contribution in [2.45, 2.75) is 24.0 Å². The summed E-state index contributed by atoms with van der Waals surface area (Å²) in [5.41, 5.74) is 0.169. The largest absolute Gasteiger partial charge is 0.497 e. The predicted octanol–water partition coefficient (Wildman–Crippen LogP) is 1.27. The highest BCUT2D eigenvalue weighted by Gasteiger charge is 2.39. The van der Waals surface area contributed by atoms with Crippen molar-refractivity contribution in [1.82, 2.24) is 20.5 Å². The van der Waals surface area contributed by atoms with E-state index in [0.717, 1.165) is 11.3 Å². The van der Waals surface area contributed by atoms with Crippen LogP contribution >= 0.6 is 11.8 Å². The van der Waals surface area contributed by atoms with Crippen LogP contribution in [0.4, 0.5) is 0 Å². The molecular formula is C16H20N4O4S2. The Morgan fingerprint density at radius 2 is 2.12 bits per heavy atom. The van der Waals surface area contributed by atoms with Gasteiger partial charge in [-0.3, -0.25) is 9.89 Å². The average molecular weight is 396 g/mol. The molecule has 1 aliphatic heterocycles. The van der Waals surface area contributed by atoms with Gasteiger partial charge in [0, 0.05) is 5.56 Å². The van der Waals surface area contributed by atoms with Crippen LogP contribution in [0.2, 0.25) is 0 Å². The Kier molecular flexibility index (Phi) is 5.24. The Balaban J connectivity index is 1.55. The zero-order valence-electron chi connectivity index (χ0n) is 14.5. The summed E-state index contributed by atoms with van der Waals surface area (Å²) >= 11 is 1.19. The number of hydrogen-bond donors (Lipinski definition) is 2. The van der Waals surface area contributed by atoms with Crippen LogP contribution in [0.3, 0.4) is 0 Å². The second-order valence-corrected chi connectivity index (χ2v) is 9.56. The molecule has 0 saturated carbocycles. The number of thioether (sulfide) groups is 1. The molecule has 1 amide bonds. The van der Waals surface area contributed by atoms with Gasteiger partial charge < -0.3 is 10.1 Å². The molecule has 1 aromatic carbocycles. The van der Waals surface area contributed by atoms with Crippen LogP contribution in [0.15, 0.2) is 29.4 Å². The Hall–Kier alpha value is -2.07. The Bertz CT molecular complexity index is 895. The van der Waals surface area contributed by atoms with Gasteiger partial charge in [-0.1, -0.05) is 11.8 Å². The van der Waals surface area contributed by atoms with Crippen molar-refractivity contribution >= 4 is 27.5 Å². The van der Waals surface area contributed by atoms with Gasteiger partial charge in [0.1, 0.15) is 5.75 Å². The number of aromatic nitrogens is 3. The fraction of sp³-hybridized carbons (Fsp3) is 0.438. The summed E-state index contributed by atoms with van der Waals surface area (Å²) in [4.78, 5) is 16.5. The molecule has 1 aliphatic rings. The SMILES string of the molecule is COc1ccc(-c2nc(SCC(=O)N[C@@]3(C)CCS(=O)(=O)C3)n[nH]2)cc1. The molecule has 0 aliphatic carbocycles. The van der Waals surface area contributed by atoms with Crippen LogP contribution in [-0.4, -0.2) is 59.4 Å². The summed E-state index contributed by atoms with van der Waals surface area (Å²) in [5, 5.41) is 10.2. The summed E-state index contributed by atoms with van der Waals surface area (Å²) in [6.45, 7) is 1.76. The van der Waals surface area contributed by atoms with E-state index in [4.69, 9.17) is 4.74 Å². The van der Waals surface area contributed by atoms with Crippen LogP contribution in [0.5, 0.6) is 5.75 Å². The maximum Gasteiger partial charge on any atom is 0.230 e. The zero-order valence-corrected chi connectivity index (χ0v) is 16.1. The van der Waals surface area contributed by atoms with Crippen molar-refractivity contribution in [3.63, 3.8) is 0 Å². The fourth-order valence-corrected chi connectivity index (χ4v) is 5.49. The first-order valence-corrected chi connectivity index (χ1v) is 10.8. The number of ether oxygens (including phenoxy) is 1. The third kappa shape index (κ3) is 4.55. The molecule has 140 valence electrons. The van der Waals surface area contributed by atoms with E-state index in [1.165, 1.54) is 11.8 Å². The molecule has 2 aromatic rings. The van der Waals surface area contributed by atoms with Crippen molar-refractivity contribution in [1.29, 1.82) is 0 Å². The number of sulfone groups is 1.